The van der Waals surface area contributed by atoms with E-state index in [1.807, 2.05) is 4.90 Å². The molecule has 1 unspecified atom stereocenters. The number of aromatic hydroxyl groups is 1. The number of benzene rings is 1. The second-order valence-electron chi connectivity index (χ2n) is 6.51. The molecule has 0 radical (unpaired) electrons. The summed E-state index contributed by atoms with van der Waals surface area (Å²) in [6.07, 6.45) is 5.65. The third-order valence-corrected chi connectivity index (χ3v) is 4.68. The molecule has 0 amide bonds. The fraction of sp³-hybridized carbons (Fsp3) is 0.421. The Hall–Kier alpha value is -2.74. The molecule has 3 heterocycles. The summed E-state index contributed by atoms with van der Waals surface area (Å²) in [5.74, 6) is -0.567. The summed E-state index contributed by atoms with van der Waals surface area (Å²) in [7, 11) is 0. The minimum Gasteiger partial charge on any atom is -0.508 e. The van der Waals surface area contributed by atoms with Gasteiger partial charge in [0.15, 0.2) is 6.20 Å². The van der Waals surface area contributed by atoms with Gasteiger partial charge in [-0.1, -0.05) is 0 Å². The van der Waals surface area contributed by atoms with Crippen molar-refractivity contribution in [1.29, 1.82) is 0 Å². The number of nitro groups is 1. The van der Waals surface area contributed by atoms with Crippen LogP contribution in [-0.4, -0.2) is 34.8 Å². The lowest BCUT2D eigenvalue weighted by atomic mass is 10.0. The van der Waals surface area contributed by atoms with Crippen molar-refractivity contribution in [2.75, 3.05) is 24.7 Å². The van der Waals surface area contributed by atoms with Gasteiger partial charge in [-0.3, -0.25) is 0 Å². The zero-order valence-corrected chi connectivity index (χ0v) is 14.9. The zero-order valence-electron chi connectivity index (χ0n) is 14.9. The number of pyridine rings is 1. The minimum absolute atomic E-state index is 0.0492. The molecule has 2 aromatic rings. The van der Waals surface area contributed by atoms with Crippen LogP contribution in [0, 0.1) is 15.9 Å². The van der Waals surface area contributed by atoms with Gasteiger partial charge in [0.1, 0.15) is 11.6 Å². The number of phenolic OH excluding ortho intramolecular Hbond substituents is 1. The number of hydrogen-bond donors (Lipinski definition) is 1. The van der Waals surface area contributed by atoms with Gasteiger partial charge in [-0.25, -0.2) is 4.39 Å². The molecule has 1 N–H and O–H groups in total. The van der Waals surface area contributed by atoms with Crippen molar-refractivity contribution in [2.45, 2.75) is 31.7 Å². The average molecular weight is 375 g/mol. The van der Waals surface area contributed by atoms with Crippen LogP contribution in [0.15, 0.2) is 36.5 Å². The molecule has 2 aliphatic rings. The fourth-order valence-electron chi connectivity index (χ4n) is 3.36. The summed E-state index contributed by atoms with van der Waals surface area (Å²) in [5.41, 5.74) is 1.24. The number of ether oxygens (including phenoxy) is 1. The van der Waals surface area contributed by atoms with E-state index in [1.54, 1.807) is 6.07 Å². The van der Waals surface area contributed by atoms with Gasteiger partial charge >= 0.3 is 5.82 Å². The van der Waals surface area contributed by atoms with E-state index in [0.29, 0.717) is 5.56 Å². The molecule has 1 atom stereocenters. The number of rotatable bonds is 3. The molecule has 4 rings (SSSR count). The summed E-state index contributed by atoms with van der Waals surface area (Å²) in [5, 5.41) is 20.6. The van der Waals surface area contributed by atoms with Gasteiger partial charge in [0, 0.05) is 31.4 Å². The molecule has 0 saturated carbocycles. The zero-order chi connectivity index (χ0) is 19.2. The standard InChI is InChI=1S/C15H14FN3O3.C4H8O/c16-10-3-5-14(20)12(8-10)13-2-1-7-18(13)11-4-6-15(17-9-11)19(21)22;1-2-4-5-3-1/h3-6,8-9,13,20H,1-2,7H2;1-4H2. The van der Waals surface area contributed by atoms with E-state index in [-0.39, 0.29) is 17.6 Å². The van der Waals surface area contributed by atoms with Crippen molar-refractivity contribution in [3.05, 3.63) is 58.0 Å². The quantitative estimate of drug-likeness (QED) is 0.645. The summed E-state index contributed by atoms with van der Waals surface area (Å²) in [4.78, 5) is 15.9. The van der Waals surface area contributed by atoms with Gasteiger partial charge in [0.25, 0.3) is 0 Å². The maximum absolute atomic E-state index is 13.5. The van der Waals surface area contributed by atoms with Crippen molar-refractivity contribution >= 4 is 11.5 Å². The Morgan fingerprint density at radius 2 is 2.00 bits per heavy atom. The fourth-order valence-corrected chi connectivity index (χ4v) is 3.36. The van der Waals surface area contributed by atoms with Crippen LogP contribution in [0.2, 0.25) is 0 Å². The lowest BCUT2D eigenvalue weighted by Gasteiger charge is -2.26. The molecule has 27 heavy (non-hydrogen) atoms. The van der Waals surface area contributed by atoms with E-state index in [9.17, 15) is 19.6 Å². The molecule has 8 heteroatoms. The van der Waals surface area contributed by atoms with Crippen LogP contribution >= 0.6 is 0 Å². The highest BCUT2D eigenvalue weighted by molar-refractivity contribution is 5.52. The lowest BCUT2D eigenvalue weighted by Crippen LogP contribution is -2.22. The van der Waals surface area contributed by atoms with Crippen molar-refractivity contribution < 1.29 is 19.2 Å². The Kier molecular flexibility index (Phi) is 6.18. The molecule has 1 aromatic heterocycles. The SMILES string of the molecule is C1CCOC1.O=[N+]([O-])c1ccc(N2CCCC2c2cc(F)ccc2O)cn1. The van der Waals surface area contributed by atoms with E-state index in [0.717, 1.165) is 38.3 Å². The van der Waals surface area contributed by atoms with Crippen LogP contribution in [0.4, 0.5) is 15.9 Å². The number of hydrogen-bond acceptors (Lipinski definition) is 6. The summed E-state index contributed by atoms with van der Waals surface area (Å²) in [6, 6.07) is 6.69. The molecule has 2 fully saturated rings. The first-order valence-electron chi connectivity index (χ1n) is 8.99. The number of anilines is 1. The van der Waals surface area contributed by atoms with E-state index >= 15 is 0 Å². The lowest BCUT2D eigenvalue weighted by molar-refractivity contribution is -0.389. The van der Waals surface area contributed by atoms with Gasteiger partial charge in [-0.2, -0.15) is 0 Å². The van der Waals surface area contributed by atoms with Crippen molar-refractivity contribution in [2.24, 2.45) is 0 Å². The number of phenols is 1. The van der Waals surface area contributed by atoms with Gasteiger partial charge < -0.3 is 24.9 Å². The molecule has 2 aliphatic heterocycles. The molecule has 2 saturated heterocycles. The van der Waals surface area contributed by atoms with E-state index in [2.05, 4.69) is 4.98 Å². The van der Waals surface area contributed by atoms with Gasteiger partial charge in [0.05, 0.1) is 11.7 Å². The number of halogens is 1. The smallest absolute Gasteiger partial charge is 0.363 e. The first kappa shape index (κ1) is 19.0. The number of nitrogens with zero attached hydrogens (tertiary/aromatic N) is 3. The highest BCUT2D eigenvalue weighted by Gasteiger charge is 2.29. The summed E-state index contributed by atoms with van der Waals surface area (Å²) in [6.45, 7) is 2.72. The first-order chi connectivity index (χ1) is 13.1. The van der Waals surface area contributed by atoms with Crippen LogP contribution in [0.3, 0.4) is 0 Å². The van der Waals surface area contributed by atoms with Crippen molar-refractivity contribution in [1.82, 2.24) is 4.98 Å². The Bertz CT molecular complexity index is 773. The van der Waals surface area contributed by atoms with Gasteiger partial charge in [-0.15, -0.1) is 0 Å². The topological polar surface area (TPSA) is 88.7 Å². The third-order valence-electron chi connectivity index (χ3n) is 4.68. The summed E-state index contributed by atoms with van der Waals surface area (Å²) < 4.78 is 18.4. The van der Waals surface area contributed by atoms with Crippen LogP contribution in [0.5, 0.6) is 5.75 Å². The van der Waals surface area contributed by atoms with Crippen LogP contribution in [-0.2, 0) is 4.74 Å². The van der Waals surface area contributed by atoms with E-state index in [4.69, 9.17) is 4.74 Å². The highest BCUT2D eigenvalue weighted by Crippen LogP contribution is 2.39. The van der Waals surface area contributed by atoms with E-state index in [1.165, 1.54) is 43.3 Å². The molecule has 0 bridgehead atoms. The molecule has 0 spiro atoms. The Morgan fingerprint density at radius 3 is 2.59 bits per heavy atom. The van der Waals surface area contributed by atoms with Crippen LogP contribution in [0.1, 0.15) is 37.3 Å². The third kappa shape index (κ3) is 4.71. The molecule has 144 valence electrons. The highest BCUT2D eigenvalue weighted by atomic mass is 19.1. The molecular formula is C19H22FN3O4. The predicted molar refractivity (Wildman–Crippen MR) is 98.3 cm³/mol. The molecule has 1 aromatic carbocycles. The maximum atomic E-state index is 13.5. The molecule has 7 nitrogen and oxygen atoms in total. The largest absolute Gasteiger partial charge is 0.508 e. The van der Waals surface area contributed by atoms with Gasteiger partial charge in [0.2, 0.25) is 0 Å². The summed E-state index contributed by atoms with van der Waals surface area (Å²) >= 11 is 0. The Labute approximate surface area is 156 Å². The van der Waals surface area contributed by atoms with Crippen molar-refractivity contribution in [3.8, 4) is 5.75 Å². The maximum Gasteiger partial charge on any atom is 0.363 e. The second-order valence-corrected chi connectivity index (χ2v) is 6.51. The van der Waals surface area contributed by atoms with Crippen LogP contribution in [0.25, 0.3) is 0 Å². The normalized spacial score (nSPS) is 18.9. The average Bonchev–Trinajstić information content (AvgIpc) is 3.38. The minimum atomic E-state index is -0.552. The molecular weight excluding hydrogens is 353 g/mol. The second kappa shape index (κ2) is 8.77. The Morgan fingerprint density at radius 1 is 1.22 bits per heavy atom. The number of aromatic nitrogens is 1. The Balaban J connectivity index is 0.000000364. The van der Waals surface area contributed by atoms with Gasteiger partial charge in [-0.05, 0) is 59.9 Å². The van der Waals surface area contributed by atoms with Crippen molar-refractivity contribution in [3.63, 3.8) is 0 Å². The van der Waals surface area contributed by atoms with E-state index < -0.39 is 10.7 Å². The molecule has 0 aliphatic carbocycles. The predicted octanol–water partition coefficient (Wildman–Crippen LogP) is 3.97. The first-order valence-corrected chi connectivity index (χ1v) is 8.99. The van der Waals surface area contributed by atoms with Crippen LogP contribution < -0.4 is 4.90 Å². The monoisotopic (exact) mass is 375 g/mol.